The number of hydrogen-bond acceptors (Lipinski definition) is 6. The summed E-state index contributed by atoms with van der Waals surface area (Å²) in [5, 5.41) is 0. The lowest BCUT2D eigenvalue weighted by Gasteiger charge is -2.37. The van der Waals surface area contributed by atoms with Crippen LogP contribution in [0.3, 0.4) is 0 Å². The third kappa shape index (κ3) is 36.9. The van der Waals surface area contributed by atoms with Crippen LogP contribution >= 0.6 is 0 Å². The molecule has 0 bridgehead atoms. The first-order valence-corrected chi connectivity index (χ1v) is 25.6. The Morgan fingerprint density at radius 1 is 0.288 bits per heavy atom. The summed E-state index contributed by atoms with van der Waals surface area (Å²) in [6.07, 6.45) is 6.92. The first-order chi connectivity index (χ1) is 27.1. The second-order valence-corrected chi connectivity index (χ2v) is 20.6. The van der Waals surface area contributed by atoms with Gasteiger partial charge < -0.3 is 0 Å². The molecule has 0 aliphatic heterocycles. The van der Waals surface area contributed by atoms with Crippen molar-refractivity contribution in [3.05, 3.63) is 0 Å². The monoisotopic (exact) mass is 843 g/mol. The van der Waals surface area contributed by atoms with Gasteiger partial charge in [-0.3, -0.25) is 29.4 Å². The maximum absolute atomic E-state index is 2.61. The highest BCUT2D eigenvalue weighted by Gasteiger charge is 2.23. The number of rotatable bonds is 21. The van der Waals surface area contributed by atoms with E-state index in [1.165, 1.54) is 51.7 Å². The summed E-state index contributed by atoms with van der Waals surface area (Å²) >= 11 is 0. The summed E-state index contributed by atoms with van der Waals surface area (Å²) in [6, 6.07) is 8.34. The maximum atomic E-state index is 2.61. The van der Waals surface area contributed by atoms with Crippen LogP contribution in [0.25, 0.3) is 0 Å². The predicted octanol–water partition coefficient (Wildman–Crippen LogP) is 14.3. The fourth-order valence-corrected chi connectivity index (χ4v) is 8.71. The zero-order valence-electron chi connectivity index (χ0n) is 47.0. The Bertz CT molecular complexity index is 710. The molecule has 0 heterocycles. The van der Waals surface area contributed by atoms with Crippen molar-refractivity contribution in [2.24, 2.45) is 5.92 Å². The fraction of sp³-hybridized carbons (Fsp3) is 1.00. The van der Waals surface area contributed by atoms with Gasteiger partial charge >= 0.3 is 0 Å². The van der Waals surface area contributed by atoms with Crippen LogP contribution < -0.4 is 0 Å². The minimum atomic E-state index is 0.690. The van der Waals surface area contributed by atoms with Crippen molar-refractivity contribution in [1.82, 2.24) is 29.4 Å². The van der Waals surface area contributed by atoms with E-state index >= 15 is 0 Å². The highest BCUT2D eigenvalue weighted by atomic mass is 15.2. The molecule has 1 saturated carbocycles. The molecular formula is C53H122N6. The standard InChI is InChI=1S/C11H23N.2C9H21N.3C8H19N/c1-9(2)12(10(3)4)8-11-6-5-7-11;2*1-6-7-10(8(2)3)9(4)5;3*1-6-9(7(2)3)8(4)5/h9-11H,5-8H2,1-4H3;2*8-9H,6-7H2,1-5H3;3*7-8H,6H2,1-5H3. The van der Waals surface area contributed by atoms with Crippen LogP contribution in [-0.2, 0) is 0 Å². The molecule has 1 fully saturated rings. The third-order valence-corrected chi connectivity index (χ3v) is 11.7. The van der Waals surface area contributed by atoms with Gasteiger partial charge in [0, 0.05) is 79.0 Å². The van der Waals surface area contributed by atoms with Gasteiger partial charge in [-0.25, -0.2) is 0 Å². The van der Waals surface area contributed by atoms with Gasteiger partial charge in [0.05, 0.1) is 0 Å². The average molecular weight is 844 g/mol. The van der Waals surface area contributed by atoms with E-state index in [1.54, 1.807) is 0 Å². The quantitative estimate of drug-likeness (QED) is 0.114. The molecule has 0 saturated heterocycles. The molecule has 1 aliphatic carbocycles. The van der Waals surface area contributed by atoms with Crippen LogP contribution in [0.1, 0.15) is 233 Å². The summed E-state index contributed by atoms with van der Waals surface area (Å²) in [6.45, 7) is 72.5. The van der Waals surface area contributed by atoms with E-state index in [1.807, 2.05) is 0 Å². The minimum absolute atomic E-state index is 0.690. The summed E-state index contributed by atoms with van der Waals surface area (Å²) < 4.78 is 0. The number of hydrogen-bond donors (Lipinski definition) is 0. The third-order valence-electron chi connectivity index (χ3n) is 11.7. The van der Waals surface area contributed by atoms with Crippen molar-refractivity contribution in [2.45, 2.75) is 305 Å². The van der Waals surface area contributed by atoms with Gasteiger partial charge in [0.25, 0.3) is 0 Å². The van der Waals surface area contributed by atoms with Gasteiger partial charge in [0.15, 0.2) is 0 Å². The average Bonchev–Trinajstić information content (AvgIpc) is 3.06. The minimum Gasteiger partial charge on any atom is -0.299 e. The molecule has 6 nitrogen and oxygen atoms in total. The molecule has 0 N–H and O–H groups in total. The second kappa shape index (κ2) is 40.5. The topological polar surface area (TPSA) is 19.4 Å². The molecular weight excluding hydrogens is 721 g/mol. The molecule has 59 heavy (non-hydrogen) atoms. The summed E-state index contributed by atoms with van der Waals surface area (Å²) in [5.74, 6) is 1.01. The Hall–Kier alpha value is -0.240. The lowest BCUT2D eigenvalue weighted by atomic mass is 9.84. The zero-order valence-corrected chi connectivity index (χ0v) is 47.0. The van der Waals surface area contributed by atoms with Crippen LogP contribution in [0.15, 0.2) is 0 Å². The van der Waals surface area contributed by atoms with E-state index in [2.05, 4.69) is 230 Å². The van der Waals surface area contributed by atoms with Crippen molar-refractivity contribution in [3.8, 4) is 0 Å². The molecule has 6 heteroatoms. The summed E-state index contributed by atoms with van der Waals surface area (Å²) in [4.78, 5) is 15.0. The largest absolute Gasteiger partial charge is 0.299 e. The molecule has 0 aromatic rings. The van der Waals surface area contributed by atoms with E-state index in [0.717, 1.165) is 25.6 Å². The predicted molar refractivity (Wildman–Crippen MR) is 277 cm³/mol. The van der Waals surface area contributed by atoms with Gasteiger partial charge in [-0.15, -0.1) is 0 Å². The van der Waals surface area contributed by atoms with Crippen LogP contribution in [0.4, 0.5) is 0 Å². The van der Waals surface area contributed by atoms with Gasteiger partial charge in [-0.05, 0) is 230 Å². The molecule has 0 radical (unpaired) electrons. The van der Waals surface area contributed by atoms with E-state index in [9.17, 15) is 0 Å². The number of nitrogens with zero attached hydrogens (tertiary/aromatic N) is 6. The normalized spacial score (nSPS) is 13.5. The maximum Gasteiger partial charge on any atom is 0.00414 e. The van der Waals surface area contributed by atoms with Crippen molar-refractivity contribution in [3.63, 3.8) is 0 Å². The van der Waals surface area contributed by atoms with Crippen molar-refractivity contribution in [1.29, 1.82) is 0 Å². The smallest absolute Gasteiger partial charge is 0.00414 e. The van der Waals surface area contributed by atoms with E-state index in [4.69, 9.17) is 0 Å². The van der Waals surface area contributed by atoms with Crippen LogP contribution in [-0.4, -0.2) is 141 Å². The van der Waals surface area contributed by atoms with E-state index in [0.29, 0.717) is 72.5 Å². The highest BCUT2D eigenvalue weighted by Crippen LogP contribution is 2.28. The van der Waals surface area contributed by atoms with Gasteiger partial charge in [-0.1, -0.05) is 41.0 Å². The molecule has 0 atom stereocenters. The van der Waals surface area contributed by atoms with Gasteiger partial charge in [0.2, 0.25) is 0 Å². The SMILES string of the molecule is CC(C)N(CC1CCC1)C(C)C.CCCN(C(C)C)C(C)C.CCCN(C(C)C)C(C)C.CCN(C(C)C)C(C)C.CCN(C(C)C)C(C)C.CCN(C(C)C)C(C)C. The van der Waals surface area contributed by atoms with Crippen LogP contribution in [0.5, 0.6) is 0 Å². The first kappa shape index (κ1) is 67.8. The zero-order chi connectivity index (χ0) is 47.7. The van der Waals surface area contributed by atoms with Gasteiger partial charge in [-0.2, -0.15) is 0 Å². The summed E-state index contributed by atoms with van der Waals surface area (Å²) in [5.41, 5.74) is 0. The summed E-state index contributed by atoms with van der Waals surface area (Å²) in [7, 11) is 0. The van der Waals surface area contributed by atoms with Crippen LogP contribution in [0.2, 0.25) is 0 Å². The molecule has 0 unspecified atom stereocenters. The molecule has 1 rings (SSSR count). The molecule has 0 amide bonds. The Kier molecular flexibility index (Phi) is 46.6. The van der Waals surface area contributed by atoms with Gasteiger partial charge in [0.1, 0.15) is 0 Å². The lowest BCUT2D eigenvalue weighted by molar-refractivity contribution is 0.116. The lowest BCUT2D eigenvalue weighted by Crippen LogP contribution is -2.41. The van der Waals surface area contributed by atoms with Crippen molar-refractivity contribution >= 4 is 0 Å². The molecule has 1 aliphatic rings. The Morgan fingerprint density at radius 3 is 0.542 bits per heavy atom. The van der Waals surface area contributed by atoms with Crippen molar-refractivity contribution in [2.75, 3.05) is 39.3 Å². The highest BCUT2D eigenvalue weighted by molar-refractivity contribution is 4.77. The molecule has 364 valence electrons. The van der Waals surface area contributed by atoms with Crippen molar-refractivity contribution < 1.29 is 0 Å². The van der Waals surface area contributed by atoms with E-state index in [-0.39, 0.29) is 0 Å². The Morgan fingerprint density at radius 2 is 0.475 bits per heavy atom. The molecule has 0 aromatic heterocycles. The first-order valence-electron chi connectivity index (χ1n) is 25.6. The fourth-order valence-electron chi connectivity index (χ4n) is 8.71. The molecule has 0 aromatic carbocycles. The van der Waals surface area contributed by atoms with Crippen LogP contribution in [0, 0.1) is 5.92 Å². The Labute approximate surface area is 378 Å². The van der Waals surface area contributed by atoms with E-state index < -0.39 is 0 Å². The second-order valence-electron chi connectivity index (χ2n) is 20.6. The molecule has 0 spiro atoms. The Balaban J connectivity index is -0.000000198.